The molecule has 0 aliphatic carbocycles. The molecular weight excluding hydrogens is 243 g/mol. The zero-order chi connectivity index (χ0) is 12.9. The van der Waals surface area contributed by atoms with Gasteiger partial charge in [0.1, 0.15) is 0 Å². The van der Waals surface area contributed by atoms with Crippen molar-refractivity contribution in [2.24, 2.45) is 5.73 Å². The SMILES string of the molecule is NC1C2CCC(O2)C1c1ccccc1C(F)(F)F. The minimum atomic E-state index is -4.34. The van der Waals surface area contributed by atoms with Gasteiger partial charge in [-0.15, -0.1) is 0 Å². The third kappa shape index (κ3) is 1.73. The highest BCUT2D eigenvalue weighted by Gasteiger charge is 2.50. The number of hydrogen-bond donors (Lipinski definition) is 1. The molecule has 5 heteroatoms. The fourth-order valence-electron chi connectivity index (χ4n) is 3.17. The van der Waals surface area contributed by atoms with E-state index in [1.165, 1.54) is 12.1 Å². The lowest BCUT2D eigenvalue weighted by Crippen LogP contribution is -2.38. The molecule has 0 aromatic heterocycles. The summed E-state index contributed by atoms with van der Waals surface area (Å²) in [6, 6.07) is 5.35. The number of fused-ring (bicyclic) bond motifs is 2. The van der Waals surface area contributed by atoms with E-state index < -0.39 is 11.7 Å². The quantitative estimate of drug-likeness (QED) is 0.839. The zero-order valence-corrected chi connectivity index (χ0v) is 9.65. The monoisotopic (exact) mass is 257 g/mol. The van der Waals surface area contributed by atoms with Gasteiger partial charge in [0.15, 0.2) is 0 Å². The van der Waals surface area contributed by atoms with Crippen molar-refractivity contribution in [3.63, 3.8) is 0 Å². The Morgan fingerprint density at radius 3 is 2.39 bits per heavy atom. The Balaban J connectivity index is 2.03. The molecule has 1 aromatic carbocycles. The third-order valence-corrected chi connectivity index (χ3v) is 3.96. The first kappa shape index (κ1) is 12.0. The van der Waals surface area contributed by atoms with Crippen LogP contribution in [0.3, 0.4) is 0 Å². The van der Waals surface area contributed by atoms with Crippen molar-refractivity contribution < 1.29 is 17.9 Å². The Labute approximate surface area is 103 Å². The molecule has 0 amide bonds. The Kier molecular flexibility index (Phi) is 2.64. The second-order valence-electron chi connectivity index (χ2n) is 4.98. The van der Waals surface area contributed by atoms with E-state index in [1.807, 2.05) is 0 Å². The smallest absolute Gasteiger partial charge is 0.373 e. The molecule has 0 radical (unpaired) electrons. The molecule has 2 nitrogen and oxygen atoms in total. The van der Waals surface area contributed by atoms with Gasteiger partial charge >= 0.3 is 6.18 Å². The first-order valence-corrected chi connectivity index (χ1v) is 6.05. The molecular formula is C13H14F3NO. The van der Waals surface area contributed by atoms with Gasteiger partial charge in [-0.05, 0) is 24.5 Å². The normalized spacial score (nSPS) is 35.1. The van der Waals surface area contributed by atoms with Crippen LogP contribution in [0.4, 0.5) is 13.2 Å². The maximum absolute atomic E-state index is 13.0. The van der Waals surface area contributed by atoms with Crippen molar-refractivity contribution in [1.29, 1.82) is 0 Å². The van der Waals surface area contributed by atoms with Crippen LogP contribution in [-0.2, 0) is 10.9 Å². The summed E-state index contributed by atoms with van der Waals surface area (Å²) in [5.41, 5.74) is 5.72. The van der Waals surface area contributed by atoms with Gasteiger partial charge in [-0.3, -0.25) is 0 Å². The molecule has 2 bridgehead atoms. The van der Waals surface area contributed by atoms with Crippen LogP contribution in [0, 0.1) is 0 Å². The van der Waals surface area contributed by atoms with Gasteiger partial charge in [0, 0.05) is 12.0 Å². The minimum absolute atomic E-state index is 0.0821. The van der Waals surface area contributed by atoms with Gasteiger partial charge in [0.2, 0.25) is 0 Å². The number of alkyl halides is 3. The summed E-state index contributed by atoms with van der Waals surface area (Å²) >= 11 is 0. The van der Waals surface area contributed by atoms with Crippen LogP contribution in [-0.4, -0.2) is 18.2 Å². The van der Waals surface area contributed by atoms with E-state index >= 15 is 0 Å². The van der Waals surface area contributed by atoms with Gasteiger partial charge in [-0.2, -0.15) is 13.2 Å². The molecule has 98 valence electrons. The van der Waals surface area contributed by atoms with Crippen LogP contribution in [0.5, 0.6) is 0 Å². The largest absolute Gasteiger partial charge is 0.416 e. The standard InChI is InChI=1S/C13H14F3NO/c14-13(15,16)8-4-2-1-3-7(8)11-9-5-6-10(18-9)12(11)17/h1-4,9-12H,5-6,17H2. The average Bonchev–Trinajstić information content (AvgIpc) is 2.88. The van der Waals surface area contributed by atoms with Crippen molar-refractivity contribution in [2.45, 2.75) is 43.2 Å². The van der Waals surface area contributed by atoms with E-state index in [4.69, 9.17) is 10.5 Å². The van der Waals surface area contributed by atoms with Gasteiger partial charge < -0.3 is 10.5 Å². The molecule has 0 saturated carbocycles. The Hall–Kier alpha value is -1.07. The summed E-state index contributed by atoms with van der Waals surface area (Å²) in [5.74, 6) is -0.332. The zero-order valence-electron chi connectivity index (χ0n) is 9.65. The fraction of sp³-hybridized carbons (Fsp3) is 0.538. The van der Waals surface area contributed by atoms with Crippen molar-refractivity contribution in [3.8, 4) is 0 Å². The summed E-state index contributed by atoms with van der Waals surface area (Å²) < 4.78 is 44.6. The molecule has 2 aliphatic heterocycles. The second-order valence-corrected chi connectivity index (χ2v) is 4.98. The molecule has 4 atom stereocenters. The number of nitrogens with two attached hydrogens (primary N) is 1. The van der Waals surface area contributed by atoms with Crippen molar-refractivity contribution in [3.05, 3.63) is 35.4 Å². The highest BCUT2D eigenvalue weighted by Crippen LogP contribution is 2.46. The molecule has 2 aliphatic rings. The van der Waals surface area contributed by atoms with Crippen LogP contribution < -0.4 is 5.73 Å². The Bertz CT molecular complexity index is 458. The molecule has 2 fully saturated rings. The molecule has 2 saturated heterocycles. The number of benzene rings is 1. The van der Waals surface area contributed by atoms with E-state index in [1.54, 1.807) is 6.07 Å². The first-order chi connectivity index (χ1) is 8.48. The molecule has 2 N–H and O–H groups in total. The van der Waals surface area contributed by atoms with E-state index in [9.17, 15) is 13.2 Å². The summed E-state index contributed by atoms with van der Waals surface area (Å²) in [5, 5.41) is 0. The maximum Gasteiger partial charge on any atom is 0.416 e. The highest BCUT2D eigenvalue weighted by atomic mass is 19.4. The summed E-state index contributed by atoms with van der Waals surface area (Å²) in [6.45, 7) is 0. The molecule has 0 spiro atoms. The second kappa shape index (κ2) is 3.96. The van der Waals surface area contributed by atoms with E-state index in [2.05, 4.69) is 0 Å². The van der Waals surface area contributed by atoms with Crippen molar-refractivity contribution in [1.82, 2.24) is 0 Å². The topological polar surface area (TPSA) is 35.2 Å². The lowest BCUT2D eigenvalue weighted by Gasteiger charge is -2.27. The molecule has 18 heavy (non-hydrogen) atoms. The molecule has 3 rings (SSSR count). The molecule has 2 heterocycles. The number of halogens is 3. The summed E-state index contributed by atoms with van der Waals surface area (Å²) in [4.78, 5) is 0. The first-order valence-electron chi connectivity index (χ1n) is 6.05. The lowest BCUT2D eigenvalue weighted by molar-refractivity contribution is -0.138. The minimum Gasteiger partial charge on any atom is -0.373 e. The highest BCUT2D eigenvalue weighted by molar-refractivity contribution is 5.36. The van der Waals surface area contributed by atoms with E-state index in [0.29, 0.717) is 0 Å². The van der Waals surface area contributed by atoms with Gasteiger partial charge in [-0.1, -0.05) is 18.2 Å². The van der Waals surface area contributed by atoms with Gasteiger partial charge in [-0.25, -0.2) is 0 Å². The molecule has 4 unspecified atom stereocenters. The van der Waals surface area contributed by atoms with Crippen molar-refractivity contribution >= 4 is 0 Å². The maximum atomic E-state index is 13.0. The predicted octanol–water partition coefficient (Wildman–Crippen LogP) is 2.68. The van der Waals surface area contributed by atoms with Crippen LogP contribution in [0.1, 0.15) is 29.9 Å². The van der Waals surface area contributed by atoms with Crippen LogP contribution >= 0.6 is 0 Å². The van der Waals surface area contributed by atoms with Crippen LogP contribution in [0.25, 0.3) is 0 Å². The average molecular weight is 257 g/mol. The molecule has 1 aromatic rings. The Morgan fingerprint density at radius 2 is 1.78 bits per heavy atom. The fourth-order valence-corrected chi connectivity index (χ4v) is 3.17. The van der Waals surface area contributed by atoms with Crippen LogP contribution in [0.15, 0.2) is 24.3 Å². The van der Waals surface area contributed by atoms with Gasteiger partial charge in [0.25, 0.3) is 0 Å². The Morgan fingerprint density at radius 1 is 1.11 bits per heavy atom. The van der Waals surface area contributed by atoms with E-state index in [-0.39, 0.29) is 29.7 Å². The summed E-state index contributed by atoms with van der Waals surface area (Å²) in [6.07, 6.45) is -2.92. The van der Waals surface area contributed by atoms with E-state index in [0.717, 1.165) is 18.9 Å². The number of hydrogen-bond acceptors (Lipinski definition) is 2. The summed E-state index contributed by atoms with van der Waals surface area (Å²) in [7, 11) is 0. The third-order valence-electron chi connectivity index (χ3n) is 3.96. The number of ether oxygens (including phenoxy) is 1. The number of rotatable bonds is 1. The van der Waals surface area contributed by atoms with Gasteiger partial charge in [0.05, 0.1) is 17.8 Å². The predicted molar refractivity (Wildman–Crippen MR) is 60.1 cm³/mol. The van der Waals surface area contributed by atoms with Crippen LogP contribution in [0.2, 0.25) is 0 Å². The van der Waals surface area contributed by atoms with Crippen molar-refractivity contribution in [2.75, 3.05) is 0 Å². The lowest BCUT2D eigenvalue weighted by atomic mass is 9.78.